The van der Waals surface area contributed by atoms with Crippen molar-refractivity contribution < 1.29 is 23.2 Å². The van der Waals surface area contributed by atoms with Gasteiger partial charge in [-0.2, -0.15) is 17.4 Å². The molecule has 2 aromatic carbocycles. The number of hydrogen-bond donors (Lipinski definition) is 3. The Morgan fingerprint density at radius 3 is 2.37 bits per heavy atom. The largest absolute Gasteiger partial charge is 0.480 e. The Labute approximate surface area is 223 Å². The van der Waals surface area contributed by atoms with E-state index in [2.05, 4.69) is 31.9 Å². The molecule has 0 saturated carbocycles. The first-order chi connectivity index (χ1) is 18.2. The third-order valence-corrected chi connectivity index (χ3v) is 8.18. The minimum atomic E-state index is -3.89. The smallest absolute Gasteiger partial charge is 0.322 e. The third kappa shape index (κ3) is 6.45. The Hall–Kier alpha value is -3.59. The van der Waals surface area contributed by atoms with Crippen molar-refractivity contribution in [3.05, 3.63) is 59.2 Å². The van der Waals surface area contributed by atoms with Crippen LogP contribution in [0.3, 0.4) is 0 Å². The van der Waals surface area contributed by atoms with E-state index in [9.17, 15) is 18.3 Å². The average molecular weight is 540 g/mol. The lowest BCUT2D eigenvalue weighted by Crippen LogP contribution is -2.55. The lowest BCUT2D eigenvalue weighted by molar-refractivity contribution is -0.140. The zero-order chi connectivity index (χ0) is 27.3. The summed E-state index contributed by atoms with van der Waals surface area (Å²) in [6.45, 7) is 5.69. The molecule has 2 heterocycles. The van der Waals surface area contributed by atoms with Gasteiger partial charge in [0.05, 0.1) is 5.71 Å². The van der Waals surface area contributed by atoms with Crippen LogP contribution >= 0.6 is 0 Å². The van der Waals surface area contributed by atoms with Crippen LogP contribution in [0, 0.1) is 17.8 Å². The van der Waals surface area contributed by atoms with E-state index >= 15 is 0 Å². The quantitative estimate of drug-likeness (QED) is 0.364. The normalized spacial score (nSPS) is 17.8. The summed E-state index contributed by atoms with van der Waals surface area (Å²) in [5, 5.41) is 16.8. The van der Waals surface area contributed by atoms with E-state index in [4.69, 9.17) is 4.84 Å². The first-order valence-corrected chi connectivity index (χ1v) is 14.0. The van der Waals surface area contributed by atoms with Crippen molar-refractivity contribution in [3.63, 3.8) is 0 Å². The molecule has 0 unspecified atom stereocenters. The maximum absolute atomic E-state index is 12.7. The highest BCUT2D eigenvalue weighted by molar-refractivity contribution is 7.87. The number of nitrogens with zero attached hydrogens (tertiary/aromatic N) is 3. The van der Waals surface area contributed by atoms with Gasteiger partial charge in [-0.15, -0.1) is 0 Å². The highest BCUT2D eigenvalue weighted by atomic mass is 32.2. The number of anilines is 2. The molecule has 2 aliphatic rings. The zero-order valence-electron chi connectivity index (χ0n) is 21.8. The van der Waals surface area contributed by atoms with Gasteiger partial charge in [0.2, 0.25) is 0 Å². The summed E-state index contributed by atoms with van der Waals surface area (Å²) in [5.74, 6) is 4.88. The lowest BCUT2D eigenvalue weighted by atomic mass is 9.99. The van der Waals surface area contributed by atoms with Crippen LogP contribution in [0.4, 0.5) is 11.4 Å². The standard InChI is InChI=1S/C27H33N5O5S/c1-19(2)26(27(33)34)30-38(35,36)32-16-14-31(15-17-32)22-9-6-20(7-10-22)4-5-21-8-11-24-23(18-21)25(29-37-3)12-13-28-24/h6-11,18-19,26,28,30H,12-17H2,1-3H3,(H,33,34)/t26-/m1/s1. The van der Waals surface area contributed by atoms with E-state index in [0.29, 0.717) is 13.1 Å². The molecule has 38 heavy (non-hydrogen) atoms. The highest BCUT2D eigenvalue weighted by Crippen LogP contribution is 2.24. The number of piperazine rings is 1. The lowest BCUT2D eigenvalue weighted by Gasteiger charge is -2.36. The van der Waals surface area contributed by atoms with E-state index in [1.807, 2.05) is 42.5 Å². The Kier molecular flexibility index (Phi) is 8.56. The molecule has 0 amide bonds. The van der Waals surface area contributed by atoms with Gasteiger partial charge in [0, 0.05) is 67.2 Å². The van der Waals surface area contributed by atoms with Crippen LogP contribution in [0.15, 0.2) is 47.6 Å². The van der Waals surface area contributed by atoms with Gasteiger partial charge in [-0.1, -0.05) is 30.8 Å². The van der Waals surface area contributed by atoms with E-state index in [-0.39, 0.29) is 19.0 Å². The molecule has 0 radical (unpaired) electrons. The topological polar surface area (TPSA) is 124 Å². The van der Waals surface area contributed by atoms with Crippen molar-refractivity contribution in [2.45, 2.75) is 26.3 Å². The fraction of sp³-hybridized carbons (Fsp3) is 0.407. The van der Waals surface area contributed by atoms with Crippen molar-refractivity contribution in [3.8, 4) is 11.8 Å². The molecule has 1 saturated heterocycles. The van der Waals surface area contributed by atoms with E-state index in [0.717, 1.165) is 46.7 Å². The molecular weight excluding hydrogens is 506 g/mol. The van der Waals surface area contributed by atoms with Crippen LogP contribution in [0.2, 0.25) is 0 Å². The minimum absolute atomic E-state index is 0.267. The molecule has 2 aromatic rings. The molecule has 4 rings (SSSR count). The number of aliphatic carboxylic acids is 1. The molecule has 10 nitrogen and oxygen atoms in total. The van der Waals surface area contributed by atoms with Crippen LogP contribution in [-0.2, 0) is 19.8 Å². The van der Waals surface area contributed by atoms with Crippen molar-refractivity contribution in [1.29, 1.82) is 0 Å². The molecule has 202 valence electrons. The van der Waals surface area contributed by atoms with Crippen molar-refractivity contribution in [2.24, 2.45) is 11.1 Å². The fourth-order valence-corrected chi connectivity index (χ4v) is 5.95. The minimum Gasteiger partial charge on any atom is -0.480 e. The van der Waals surface area contributed by atoms with Crippen molar-refractivity contribution >= 4 is 33.3 Å². The zero-order valence-corrected chi connectivity index (χ0v) is 22.6. The summed E-state index contributed by atoms with van der Waals surface area (Å²) >= 11 is 0. The number of benzene rings is 2. The molecule has 0 spiro atoms. The highest BCUT2D eigenvalue weighted by Gasteiger charge is 2.33. The van der Waals surface area contributed by atoms with E-state index in [1.54, 1.807) is 21.0 Å². The summed E-state index contributed by atoms with van der Waals surface area (Å²) in [6.07, 6.45) is 0.788. The van der Waals surface area contributed by atoms with Gasteiger partial charge in [-0.05, 0) is 48.4 Å². The van der Waals surface area contributed by atoms with Gasteiger partial charge < -0.3 is 20.2 Å². The first-order valence-electron chi connectivity index (χ1n) is 12.5. The summed E-state index contributed by atoms with van der Waals surface area (Å²) in [4.78, 5) is 18.5. The molecule has 0 aromatic heterocycles. The molecule has 0 bridgehead atoms. The third-order valence-electron chi connectivity index (χ3n) is 6.58. The summed E-state index contributed by atoms with van der Waals surface area (Å²) < 4.78 is 29.1. The number of oxime groups is 1. The van der Waals surface area contributed by atoms with Gasteiger partial charge >= 0.3 is 5.97 Å². The average Bonchev–Trinajstić information content (AvgIpc) is 2.91. The van der Waals surface area contributed by atoms with Crippen LogP contribution in [0.5, 0.6) is 0 Å². The van der Waals surface area contributed by atoms with Crippen LogP contribution in [-0.4, -0.2) is 75.4 Å². The molecular formula is C27H33N5O5S. The predicted octanol–water partition coefficient (Wildman–Crippen LogP) is 2.32. The number of hydrogen-bond acceptors (Lipinski definition) is 7. The van der Waals surface area contributed by atoms with Gasteiger partial charge in [0.1, 0.15) is 13.2 Å². The second kappa shape index (κ2) is 11.9. The van der Waals surface area contributed by atoms with Crippen molar-refractivity contribution in [2.75, 3.05) is 50.1 Å². The Balaban J connectivity index is 1.38. The second-order valence-corrected chi connectivity index (χ2v) is 11.2. The molecule has 1 atom stereocenters. The number of nitrogens with one attached hydrogen (secondary N) is 2. The Morgan fingerprint density at radius 1 is 1.08 bits per heavy atom. The second-order valence-electron chi connectivity index (χ2n) is 9.52. The summed E-state index contributed by atoms with van der Waals surface area (Å²) in [7, 11) is -2.35. The van der Waals surface area contributed by atoms with Crippen LogP contribution in [0.1, 0.15) is 37.0 Å². The molecule has 1 fully saturated rings. The van der Waals surface area contributed by atoms with Gasteiger partial charge in [0.25, 0.3) is 10.2 Å². The molecule has 3 N–H and O–H groups in total. The molecule has 2 aliphatic heterocycles. The predicted molar refractivity (Wildman–Crippen MR) is 148 cm³/mol. The fourth-order valence-electron chi connectivity index (χ4n) is 4.46. The van der Waals surface area contributed by atoms with Gasteiger partial charge in [-0.3, -0.25) is 4.79 Å². The Morgan fingerprint density at radius 2 is 1.74 bits per heavy atom. The number of carboxylic acids is 1. The first kappa shape index (κ1) is 27.4. The monoisotopic (exact) mass is 539 g/mol. The van der Waals surface area contributed by atoms with Crippen LogP contribution < -0.4 is 14.9 Å². The van der Waals surface area contributed by atoms with Gasteiger partial charge in [-0.25, -0.2) is 0 Å². The summed E-state index contributed by atoms with van der Waals surface area (Å²) in [6, 6.07) is 12.7. The number of rotatable bonds is 7. The molecule has 11 heteroatoms. The van der Waals surface area contributed by atoms with Gasteiger partial charge in [0.15, 0.2) is 0 Å². The maximum atomic E-state index is 12.7. The van der Waals surface area contributed by atoms with Crippen molar-refractivity contribution in [1.82, 2.24) is 9.03 Å². The Bertz CT molecular complexity index is 1350. The number of carbonyl (C=O) groups is 1. The maximum Gasteiger partial charge on any atom is 0.322 e. The van der Waals surface area contributed by atoms with E-state index < -0.39 is 22.2 Å². The van der Waals surface area contributed by atoms with E-state index in [1.165, 1.54) is 4.31 Å². The number of carboxylic acid groups (broad SMARTS) is 1. The SMILES string of the molecule is CON=C1CCNc2ccc(C#Cc3ccc(N4CCN(S(=O)(=O)N[C@@H](C(=O)O)C(C)C)CC4)cc3)cc21. The summed E-state index contributed by atoms with van der Waals surface area (Å²) in [5.41, 5.74) is 5.65. The number of fused-ring (bicyclic) bond motifs is 1. The van der Waals surface area contributed by atoms with Crippen LogP contribution in [0.25, 0.3) is 0 Å². The molecule has 0 aliphatic carbocycles.